The van der Waals surface area contributed by atoms with E-state index in [-0.39, 0.29) is 6.29 Å². The minimum atomic E-state index is -0.217. The van der Waals surface area contributed by atoms with Crippen LogP contribution in [0, 0.1) is 0 Å². The summed E-state index contributed by atoms with van der Waals surface area (Å²) in [5.74, 6) is 0. The van der Waals surface area contributed by atoms with E-state index in [9.17, 15) is 0 Å². The molecule has 0 radical (unpaired) electrons. The normalized spacial score (nSPS) is 10.9. The molecule has 0 unspecified atom stereocenters. The maximum atomic E-state index is 5.49. The Labute approximate surface area is 94.8 Å². The first-order valence-electron chi connectivity index (χ1n) is 5.07. The Bertz CT molecular complexity index is 252. The van der Waals surface area contributed by atoms with Gasteiger partial charge in [0.05, 0.1) is 0 Å². The van der Waals surface area contributed by atoms with Gasteiger partial charge in [-0.25, -0.2) is 0 Å². The Morgan fingerprint density at radius 2 is 1.57 bits per heavy atom. The van der Waals surface area contributed by atoms with E-state index in [4.69, 9.17) is 9.47 Å². The van der Waals surface area contributed by atoms with Gasteiger partial charge in [-0.3, -0.25) is 0 Å². The summed E-state index contributed by atoms with van der Waals surface area (Å²) in [4.78, 5) is 0. The summed E-state index contributed by atoms with van der Waals surface area (Å²) in [6.07, 6.45) is -0.217. The molecule has 0 aliphatic rings. The standard InChI is InChI=1S/C11H15O2.Li/c1-3-12-11(13-4-2)10-8-6-5-7-9-10;/h6-9,11H,3-4H2,1-2H3;. The second-order valence-corrected chi connectivity index (χ2v) is 3.15. The molecule has 72 valence electrons. The van der Waals surface area contributed by atoms with Crippen molar-refractivity contribution in [2.45, 2.75) is 20.1 Å². The van der Waals surface area contributed by atoms with Gasteiger partial charge in [-0.05, 0) is 0 Å². The SMILES string of the molecule is [Li][c]1ccc(C(OCC)OCC)cc1. The van der Waals surface area contributed by atoms with Crippen molar-refractivity contribution in [3.8, 4) is 0 Å². The molecule has 0 aromatic heterocycles. The van der Waals surface area contributed by atoms with E-state index in [2.05, 4.69) is 29.8 Å². The van der Waals surface area contributed by atoms with Crippen LogP contribution in [0.2, 0.25) is 0 Å². The zero-order valence-electron chi connectivity index (χ0n) is 9.12. The minimum absolute atomic E-state index is 0.217. The fourth-order valence-corrected chi connectivity index (χ4v) is 1.27. The van der Waals surface area contributed by atoms with Gasteiger partial charge in [-0.15, -0.1) is 0 Å². The summed E-state index contributed by atoms with van der Waals surface area (Å²) < 4.78 is 12.2. The fraction of sp³-hybridized carbons (Fsp3) is 0.455. The molecule has 14 heavy (non-hydrogen) atoms. The van der Waals surface area contributed by atoms with Crippen LogP contribution in [0.1, 0.15) is 25.7 Å². The van der Waals surface area contributed by atoms with Crippen molar-refractivity contribution in [3.05, 3.63) is 29.8 Å². The van der Waals surface area contributed by atoms with Crippen molar-refractivity contribution in [2.75, 3.05) is 13.2 Å². The summed E-state index contributed by atoms with van der Waals surface area (Å²) >= 11 is 2.07. The van der Waals surface area contributed by atoms with Gasteiger partial charge < -0.3 is 0 Å². The summed E-state index contributed by atoms with van der Waals surface area (Å²) in [5.41, 5.74) is 1.08. The number of ether oxygens (including phenoxy) is 2. The van der Waals surface area contributed by atoms with Gasteiger partial charge in [-0.2, -0.15) is 0 Å². The van der Waals surface area contributed by atoms with Crippen LogP contribution < -0.4 is 4.24 Å². The van der Waals surface area contributed by atoms with Crippen LogP contribution in [0.3, 0.4) is 0 Å². The van der Waals surface area contributed by atoms with Crippen LogP contribution >= 0.6 is 0 Å². The molecule has 0 amide bonds. The van der Waals surface area contributed by atoms with Crippen molar-refractivity contribution in [1.29, 1.82) is 0 Å². The molecule has 3 heteroatoms. The van der Waals surface area contributed by atoms with Crippen molar-refractivity contribution in [3.63, 3.8) is 0 Å². The van der Waals surface area contributed by atoms with E-state index >= 15 is 0 Å². The molecule has 1 aromatic carbocycles. The molecule has 1 aromatic rings. The van der Waals surface area contributed by atoms with E-state index in [1.807, 2.05) is 26.0 Å². The molecule has 2 nitrogen and oxygen atoms in total. The van der Waals surface area contributed by atoms with Gasteiger partial charge >= 0.3 is 94.6 Å². The van der Waals surface area contributed by atoms with Crippen LogP contribution in [0.15, 0.2) is 24.3 Å². The summed E-state index contributed by atoms with van der Waals surface area (Å²) in [5, 5.41) is 0. The molecule has 0 spiro atoms. The first-order chi connectivity index (χ1) is 6.77. The second kappa shape index (κ2) is 6.26. The topological polar surface area (TPSA) is 18.5 Å². The number of hydrogen-bond acceptors (Lipinski definition) is 2. The van der Waals surface area contributed by atoms with Crippen LogP contribution in [-0.2, 0) is 9.47 Å². The van der Waals surface area contributed by atoms with Crippen LogP contribution in [0.25, 0.3) is 0 Å². The summed E-state index contributed by atoms with van der Waals surface area (Å²) in [7, 11) is 0. The van der Waals surface area contributed by atoms with Crippen molar-refractivity contribution in [2.24, 2.45) is 0 Å². The molecule has 0 heterocycles. The van der Waals surface area contributed by atoms with E-state index in [0.29, 0.717) is 13.2 Å². The summed E-state index contributed by atoms with van der Waals surface area (Å²) in [6, 6.07) is 8.23. The third kappa shape index (κ3) is 3.47. The molecule has 0 saturated heterocycles. The number of rotatable bonds is 5. The Morgan fingerprint density at radius 3 is 2.00 bits per heavy atom. The van der Waals surface area contributed by atoms with Crippen molar-refractivity contribution >= 4 is 22.0 Å². The van der Waals surface area contributed by atoms with Gasteiger partial charge in [0, 0.05) is 0 Å². The molecule has 0 saturated carbocycles. The first-order valence-corrected chi connectivity index (χ1v) is 5.07. The average Bonchev–Trinajstić information content (AvgIpc) is 2.19. The van der Waals surface area contributed by atoms with Gasteiger partial charge in [0.25, 0.3) is 0 Å². The molecule has 0 aliphatic heterocycles. The predicted octanol–water partition coefficient (Wildman–Crippen LogP) is 1.55. The maximum absolute atomic E-state index is 5.49. The monoisotopic (exact) mass is 186 g/mol. The Balaban J connectivity index is 2.71. The Kier molecular flexibility index (Phi) is 5.28. The molecule has 0 N–H and O–H groups in total. The molecule has 0 bridgehead atoms. The average molecular weight is 186 g/mol. The second-order valence-electron chi connectivity index (χ2n) is 3.15. The van der Waals surface area contributed by atoms with Crippen LogP contribution in [-0.4, -0.2) is 30.9 Å². The van der Waals surface area contributed by atoms with Gasteiger partial charge in [0.2, 0.25) is 0 Å². The predicted molar refractivity (Wildman–Crippen MR) is 57.8 cm³/mol. The Morgan fingerprint density at radius 1 is 1.07 bits per heavy atom. The van der Waals surface area contributed by atoms with Gasteiger partial charge in [-0.1, -0.05) is 0 Å². The molecule has 0 aliphatic carbocycles. The van der Waals surface area contributed by atoms with Gasteiger partial charge in [0.15, 0.2) is 0 Å². The molecule has 0 atom stereocenters. The number of hydrogen-bond donors (Lipinski definition) is 0. The molecular formula is C11H15LiO2. The first kappa shape index (κ1) is 11.8. The van der Waals surface area contributed by atoms with E-state index in [0.717, 1.165) is 5.56 Å². The fourth-order valence-electron chi connectivity index (χ4n) is 1.27. The zero-order chi connectivity index (χ0) is 10.4. The third-order valence-electron chi connectivity index (χ3n) is 1.99. The zero-order valence-corrected chi connectivity index (χ0v) is 9.12. The third-order valence-corrected chi connectivity index (χ3v) is 1.99. The summed E-state index contributed by atoms with van der Waals surface area (Å²) in [6.45, 7) is 5.28. The van der Waals surface area contributed by atoms with Gasteiger partial charge in [0.1, 0.15) is 0 Å². The molecule has 1 rings (SSSR count). The van der Waals surface area contributed by atoms with Crippen molar-refractivity contribution < 1.29 is 9.47 Å². The van der Waals surface area contributed by atoms with E-state index in [1.165, 1.54) is 4.24 Å². The molecule has 0 fully saturated rings. The van der Waals surface area contributed by atoms with Crippen LogP contribution in [0.4, 0.5) is 0 Å². The van der Waals surface area contributed by atoms with E-state index < -0.39 is 0 Å². The van der Waals surface area contributed by atoms with Crippen LogP contribution in [0.5, 0.6) is 0 Å². The number of benzene rings is 1. The van der Waals surface area contributed by atoms with Crippen molar-refractivity contribution in [1.82, 2.24) is 0 Å². The Hall–Kier alpha value is -0.263. The molecular weight excluding hydrogens is 171 g/mol. The van der Waals surface area contributed by atoms with E-state index in [1.54, 1.807) is 0 Å². The quantitative estimate of drug-likeness (QED) is 0.513.